The van der Waals surface area contributed by atoms with Gasteiger partial charge in [0.2, 0.25) is 0 Å². The fourth-order valence-electron chi connectivity index (χ4n) is 1.21. The molecule has 1 rings (SSSR count). The second-order valence-electron chi connectivity index (χ2n) is 3.03. The Kier molecular flexibility index (Phi) is 5.11. The summed E-state index contributed by atoms with van der Waals surface area (Å²) in [5, 5.41) is 9.50. The van der Waals surface area contributed by atoms with Crippen LogP contribution in [0.2, 0.25) is 0 Å². The summed E-state index contributed by atoms with van der Waals surface area (Å²) in [5.74, 6) is -0.920. The van der Waals surface area contributed by atoms with Crippen molar-refractivity contribution in [3.63, 3.8) is 0 Å². The molecule has 0 saturated carbocycles. The van der Waals surface area contributed by atoms with Crippen LogP contribution in [0.25, 0.3) is 0 Å². The topological polar surface area (TPSA) is 72.3 Å². The summed E-state index contributed by atoms with van der Waals surface area (Å²) in [7, 11) is 0. The predicted octanol–water partition coefficient (Wildman–Crippen LogP) is 2.11. The van der Waals surface area contributed by atoms with Crippen LogP contribution in [-0.4, -0.2) is 5.11 Å². The Hall–Kier alpha value is -1.26. The molecule has 0 amide bonds. The van der Waals surface area contributed by atoms with Crippen LogP contribution in [0.4, 0.5) is 10.1 Å². The minimum absolute atomic E-state index is 0. The van der Waals surface area contributed by atoms with Crippen LogP contribution in [0.5, 0.6) is 5.75 Å². The van der Waals surface area contributed by atoms with Crippen LogP contribution in [0.15, 0.2) is 24.8 Å². The van der Waals surface area contributed by atoms with Gasteiger partial charge in [0.05, 0.1) is 0 Å². The van der Waals surface area contributed by atoms with E-state index >= 15 is 0 Å². The van der Waals surface area contributed by atoms with Gasteiger partial charge < -0.3 is 16.6 Å². The smallest absolute Gasteiger partial charge is 0.149 e. The first-order valence-electron chi connectivity index (χ1n) is 4.21. The lowest BCUT2D eigenvalue weighted by Crippen LogP contribution is -2.10. The fourth-order valence-corrected chi connectivity index (χ4v) is 1.21. The molecule has 0 saturated heterocycles. The van der Waals surface area contributed by atoms with Gasteiger partial charge >= 0.3 is 0 Å². The monoisotopic (exact) mass is 232 g/mol. The summed E-state index contributed by atoms with van der Waals surface area (Å²) in [6, 6.07) is 2.21. The number of hydrogen-bond donors (Lipinski definition) is 3. The van der Waals surface area contributed by atoms with Gasteiger partial charge in [-0.15, -0.1) is 19.0 Å². The third-order valence-electron chi connectivity index (χ3n) is 2.02. The van der Waals surface area contributed by atoms with Gasteiger partial charge in [-0.2, -0.15) is 0 Å². The van der Waals surface area contributed by atoms with Gasteiger partial charge in [0.15, 0.2) is 0 Å². The molecule has 0 radical (unpaired) electrons. The molecule has 0 aromatic heterocycles. The van der Waals surface area contributed by atoms with E-state index in [-0.39, 0.29) is 23.8 Å². The Balaban J connectivity index is 0.00000196. The second kappa shape index (κ2) is 5.58. The van der Waals surface area contributed by atoms with Crippen molar-refractivity contribution in [1.82, 2.24) is 0 Å². The van der Waals surface area contributed by atoms with Crippen LogP contribution in [0, 0.1) is 5.82 Å². The third-order valence-corrected chi connectivity index (χ3v) is 2.02. The van der Waals surface area contributed by atoms with Crippen LogP contribution in [-0.2, 0) is 0 Å². The standard InChI is InChI=1S/C10H13FN2O.ClH/c1-2-3-8(12)6-4-5-7(11)9(13)10(6)14;/h2,4-5,8,14H,1,3,12-13H2;1H/t8-;/m0./s1. The average molecular weight is 233 g/mol. The minimum atomic E-state index is -0.642. The SMILES string of the molecule is C=CC[C@H](N)c1ccc(F)c(N)c1O.Cl. The molecule has 0 heterocycles. The number of rotatable bonds is 3. The van der Waals surface area contributed by atoms with Crippen molar-refractivity contribution in [2.24, 2.45) is 5.73 Å². The summed E-state index contributed by atoms with van der Waals surface area (Å²) in [6.45, 7) is 3.53. The van der Waals surface area contributed by atoms with E-state index in [4.69, 9.17) is 11.5 Å². The molecule has 0 aliphatic heterocycles. The molecular formula is C10H14ClFN2O. The largest absolute Gasteiger partial charge is 0.505 e. The average Bonchev–Trinajstić information content (AvgIpc) is 2.15. The zero-order chi connectivity index (χ0) is 10.7. The van der Waals surface area contributed by atoms with Crippen LogP contribution < -0.4 is 11.5 Å². The number of aromatic hydroxyl groups is 1. The van der Waals surface area contributed by atoms with E-state index in [1.165, 1.54) is 12.1 Å². The first-order chi connectivity index (χ1) is 6.57. The van der Waals surface area contributed by atoms with E-state index in [2.05, 4.69) is 6.58 Å². The zero-order valence-corrected chi connectivity index (χ0v) is 8.93. The number of nitrogens with two attached hydrogens (primary N) is 2. The summed E-state index contributed by atoms with van der Waals surface area (Å²) in [5.41, 5.74) is 11.2. The molecule has 1 aromatic carbocycles. The van der Waals surface area contributed by atoms with Gasteiger partial charge in [-0.25, -0.2) is 4.39 Å². The Morgan fingerprint density at radius 2 is 2.13 bits per heavy atom. The van der Waals surface area contributed by atoms with E-state index in [1.807, 2.05) is 0 Å². The first-order valence-corrected chi connectivity index (χ1v) is 4.21. The highest BCUT2D eigenvalue weighted by atomic mass is 35.5. The van der Waals surface area contributed by atoms with E-state index in [9.17, 15) is 9.50 Å². The van der Waals surface area contributed by atoms with Crippen molar-refractivity contribution in [2.45, 2.75) is 12.5 Å². The molecule has 5 heteroatoms. The van der Waals surface area contributed by atoms with E-state index in [0.29, 0.717) is 12.0 Å². The number of hydrogen-bond acceptors (Lipinski definition) is 3. The number of phenolic OH excluding ortho intramolecular Hbond substituents is 1. The molecule has 3 nitrogen and oxygen atoms in total. The summed E-state index contributed by atoms with van der Waals surface area (Å²) >= 11 is 0. The third kappa shape index (κ3) is 2.84. The van der Waals surface area contributed by atoms with E-state index in [1.54, 1.807) is 6.08 Å². The lowest BCUT2D eigenvalue weighted by atomic mass is 10.0. The van der Waals surface area contributed by atoms with Crippen LogP contribution in [0.1, 0.15) is 18.0 Å². The lowest BCUT2D eigenvalue weighted by molar-refractivity contribution is 0.459. The summed E-state index contributed by atoms with van der Waals surface area (Å²) < 4.78 is 12.9. The molecule has 0 spiro atoms. The van der Waals surface area contributed by atoms with Crippen molar-refractivity contribution in [3.05, 3.63) is 36.2 Å². The zero-order valence-electron chi connectivity index (χ0n) is 8.11. The Labute approximate surface area is 94.0 Å². The Morgan fingerprint density at radius 3 is 2.67 bits per heavy atom. The number of benzene rings is 1. The van der Waals surface area contributed by atoms with Gasteiger partial charge in [-0.1, -0.05) is 12.1 Å². The Morgan fingerprint density at radius 1 is 1.53 bits per heavy atom. The molecule has 0 unspecified atom stereocenters. The van der Waals surface area contributed by atoms with Crippen molar-refractivity contribution < 1.29 is 9.50 Å². The molecule has 1 aromatic rings. The van der Waals surface area contributed by atoms with Gasteiger partial charge in [-0.3, -0.25) is 0 Å². The number of phenols is 1. The lowest BCUT2D eigenvalue weighted by Gasteiger charge is -2.13. The molecule has 0 aliphatic rings. The quantitative estimate of drug-likeness (QED) is 0.425. The molecule has 0 fully saturated rings. The van der Waals surface area contributed by atoms with Crippen molar-refractivity contribution in [3.8, 4) is 5.75 Å². The number of nitrogen functional groups attached to an aromatic ring is 1. The maximum absolute atomic E-state index is 12.9. The van der Waals surface area contributed by atoms with Crippen molar-refractivity contribution >= 4 is 18.1 Å². The predicted molar refractivity (Wildman–Crippen MR) is 61.5 cm³/mol. The maximum atomic E-state index is 12.9. The molecule has 1 atom stereocenters. The summed E-state index contributed by atoms with van der Waals surface area (Å²) in [4.78, 5) is 0. The van der Waals surface area contributed by atoms with Gasteiger partial charge in [0, 0.05) is 11.6 Å². The van der Waals surface area contributed by atoms with Crippen LogP contribution in [0.3, 0.4) is 0 Å². The molecule has 15 heavy (non-hydrogen) atoms. The molecule has 0 aliphatic carbocycles. The highest BCUT2D eigenvalue weighted by molar-refractivity contribution is 5.85. The minimum Gasteiger partial charge on any atom is -0.505 e. The molecule has 5 N–H and O–H groups in total. The number of halogens is 2. The molecule has 84 valence electrons. The van der Waals surface area contributed by atoms with Gasteiger partial charge in [0.25, 0.3) is 0 Å². The van der Waals surface area contributed by atoms with E-state index in [0.717, 1.165) is 0 Å². The van der Waals surface area contributed by atoms with Crippen molar-refractivity contribution in [2.75, 3.05) is 5.73 Å². The normalized spacial score (nSPS) is 11.6. The fraction of sp³-hybridized carbons (Fsp3) is 0.200. The highest BCUT2D eigenvalue weighted by Gasteiger charge is 2.14. The van der Waals surface area contributed by atoms with Crippen molar-refractivity contribution in [1.29, 1.82) is 0 Å². The first kappa shape index (κ1) is 13.7. The number of anilines is 1. The van der Waals surface area contributed by atoms with Gasteiger partial charge in [0.1, 0.15) is 17.3 Å². The van der Waals surface area contributed by atoms with Gasteiger partial charge in [-0.05, 0) is 12.5 Å². The Bertz CT molecular complexity index is 358. The van der Waals surface area contributed by atoms with Crippen LogP contribution >= 0.6 is 12.4 Å². The molecular weight excluding hydrogens is 219 g/mol. The second-order valence-corrected chi connectivity index (χ2v) is 3.03. The maximum Gasteiger partial charge on any atom is 0.149 e. The molecule has 0 bridgehead atoms. The summed E-state index contributed by atoms with van der Waals surface area (Å²) in [6.07, 6.45) is 2.13. The van der Waals surface area contributed by atoms with E-state index < -0.39 is 11.9 Å². The highest BCUT2D eigenvalue weighted by Crippen LogP contribution is 2.32.